The van der Waals surface area contributed by atoms with E-state index in [1.165, 1.54) is 88.3 Å². The van der Waals surface area contributed by atoms with Crippen LogP contribution in [0.2, 0.25) is 0 Å². The number of alkyl halides is 1. The molecule has 0 saturated carbocycles. The summed E-state index contributed by atoms with van der Waals surface area (Å²) in [5.74, 6) is -1.40. The minimum Gasteiger partial charge on any atom is -0.458 e. The SMILES string of the molecule is CCCCCCCc1ccc(-c2ccc(CC(CC(C)F)OC(=O)c3ccc(CCCC)c(-c4ccc(-c5ccc(CCCCCCC)cn5)cc4)c3F)cc2)nc1. The van der Waals surface area contributed by atoms with Crippen LogP contribution >= 0.6 is 0 Å². The second-order valence-electron chi connectivity index (χ2n) is 16.0. The minimum atomic E-state index is -1.21. The van der Waals surface area contributed by atoms with Gasteiger partial charge in [0.15, 0.2) is 0 Å². The molecule has 0 radical (unpaired) electrons. The number of aryl methyl sites for hydroxylation is 3. The van der Waals surface area contributed by atoms with Crippen molar-refractivity contribution in [2.45, 2.75) is 149 Å². The zero-order chi connectivity index (χ0) is 41.1. The Bertz CT molecular complexity index is 1960. The highest BCUT2D eigenvalue weighted by Crippen LogP contribution is 2.33. The highest BCUT2D eigenvalue weighted by molar-refractivity contribution is 5.92. The molecule has 2 atom stereocenters. The molecule has 0 aliphatic rings. The van der Waals surface area contributed by atoms with E-state index in [-0.39, 0.29) is 12.0 Å². The second kappa shape index (κ2) is 23.6. The van der Waals surface area contributed by atoms with E-state index < -0.39 is 24.1 Å². The van der Waals surface area contributed by atoms with Gasteiger partial charge in [-0.15, -0.1) is 0 Å². The first-order valence-electron chi connectivity index (χ1n) is 22.1. The van der Waals surface area contributed by atoms with Gasteiger partial charge < -0.3 is 4.74 Å². The Kier molecular flexibility index (Phi) is 18.1. The number of benzene rings is 3. The van der Waals surface area contributed by atoms with Gasteiger partial charge in [0.05, 0.1) is 17.0 Å². The van der Waals surface area contributed by atoms with Crippen LogP contribution in [0.3, 0.4) is 0 Å². The fraction of sp³-hybridized carbons (Fsp3) is 0.442. The molecule has 2 heterocycles. The average Bonchev–Trinajstić information content (AvgIpc) is 3.23. The number of carbonyl (C=O) groups excluding carboxylic acids is 1. The zero-order valence-corrected chi connectivity index (χ0v) is 35.4. The topological polar surface area (TPSA) is 52.1 Å². The summed E-state index contributed by atoms with van der Waals surface area (Å²) >= 11 is 0. The fourth-order valence-electron chi connectivity index (χ4n) is 7.65. The Balaban J connectivity index is 1.27. The maximum absolute atomic E-state index is 16.6. The van der Waals surface area contributed by atoms with Crippen molar-refractivity contribution in [1.82, 2.24) is 9.97 Å². The quantitative estimate of drug-likeness (QED) is 0.0462. The van der Waals surface area contributed by atoms with E-state index in [0.717, 1.165) is 59.3 Å². The summed E-state index contributed by atoms with van der Waals surface area (Å²) in [6.07, 6.45) is 19.3. The number of nitrogens with zero attached hydrogens (tertiary/aromatic N) is 2. The van der Waals surface area contributed by atoms with Gasteiger partial charge >= 0.3 is 5.97 Å². The highest BCUT2D eigenvalue weighted by atomic mass is 19.1. The number of carbonyl (C=O) groups is 1. The molecule has 0 aliphatic heterocycles. The van der Waals surface area contributed by atoms with Crippen molar-refractivity contribution in [2.24, 2.45) is 0 Å². The van der Waals surface area contributed by atoms with E-state index in [9.17, 15) is 9.18 Å². The molecule has 5 aromatic rings. The Morgan fingerprint density at radius 1 is 0.586 bits per heavy atom. The Morgan fingerprint density at radius 2 is 1.09 bits per heavy atom. The predicted molar refractivity (Wildman–Crippen MR) is 236 cm³/mol. The molecule has 0 aliphatic carbocycles. The number of unbranched alkanes of at least 4 members (excludes halogenated alkanes) is 9. The molecule has 4 nitrogen and oxygen atoms in total. The van der Waals surface area contributed by atoms with Crippen molar-refractivity contribution < 1.29 is 18.3 Å². The number of aromatic nitrogens is 2. The highest BCUT2D eigenvalue weighted by Gasteiger charge is 2.25. The van der Waals surface area contributed by atoms with Crippen LogP contribution in [-0.4, -0.2) is 28.2 Å². The maximum atomic E-state index is 16.6. The van der Waals surface area contributed by atoms with E-state index in [1.807, 2.05) is 67.0 Å². The lowest BCUT2D eigenvalue weighted by Crippen LogP contribution is -2.24. The van der Waals surface area contributed by atoms with Gasteiger partial charge in [0, 0.05) is 41.9 Å². The fourth-order valence-corrected chi connectivity index (χ4v) is 7.65. The summed E-state index contributed by atoms with van der Waals surface area (Å²) < 4.78 is 37.0. The molecule has 2 unspecified atom stereocenters. The summed E-state index contributed by atoms with van der Waals surface area (Å²) in [5, 5.41) is 0. The number of esters is 1. The van der Waals surface area contributed by atoms with Crippen molar-refractivity contribution in [3.63, 3.8) is 0 Å². The van der Waals surface area contributed by atoms with Crippen LogP contribution in [-0.2, 0) is 30.4 Å². The first-order chi connectivity index (χ1) is 28.3. The van der Waals surface area contributed by atoms with Crippen LogP contribution in [0.1, 0.15) is 144 Å². The molecule has 0 spiro atoms. The van der Waals surface area contributed by atoms with E-state index in [1.54, 1.807) is 0 Å². The number of hydrogen-bond acceptors (Lipinski definition) is 4. The first kappa shape index (κ1) is 44.4. The maximum Gasteiger partial charge on any atom is 0.341 e. The van der Waals surface area contributed by atoms with Crippen LogP contribution in [0, 0.1) is 5.82 Å². The molecule has 0 fully saturated rings. The van der Waals surface area contributed by atoms with Crippen LogP contribution < -0.4 is 0 Å². The summed E-state index contributed by atoms with van der Waals surface area (Å²) in [7, 11) is 0. The number of halogens is 2. The van der Waals surface area contributed by atoms with Crippen molar-refractivity contribution in [3.8, 4) is 33.6 Å². The van der Waals surface area contributed by atoms with Gasteiger partial charge in [0.2, 0.25) is 0 Å². The van der Waals surface area contributed by atoms with Crippen molar-refractivity contribution in [1.29, 1.82) is 0 Å². The largest absolute Gasteiger partial charge is 0.458 e. The standard InChI is InChI=1S/C52H64F2N2O2/c1-5-8-11-13-15-17-40-22-32-48(55-36-40)42-24-20-39(21-25-42)35-46(34-38(4)53)58-52(57)47-31-30-44(19-10-7-3)50(51(47)54)45-28-26-43(27-29-45)49-33-23-41(37-56-49)18-16-14-12-9-6-2/h20-33,36-38,46H,5-19,34-35H2,1-4H3. The zero-order valence-electron chi connectivity index (χ0n) is 35.4. The molecule has 3 aromatic carbocycles. The molecule has 2 aromatic heterocycles. The van der Waals surface area contributed by atoms with Crippen molar-refractivity contribution in [3.05, 3.63) is 131 Å². The van der Waals surface area contributed by atoms with Gasteiger partial charge in [-0.3, -0.25) is 9.97 Å². The molecule has 0 N–H and O–H groups in total. The Labute approximate surface area is 346 Å². The Morgan fingerprint density at radius 3 is 1.59 bits per heavy atom. The average molecular weight is 787 g/mol. The molecular weight excluding hydrogens is 723 g/mol. The smallest absolute Gasteiger partial charge is 0.341 e. The minimum absolute atomic E-state index is 0.00739. The van der Waals surface area contributed by atoms with Crippen molar-refractivity contribution in [2.75, 3.05) is 0 Å². The third kappa shape index (κ3) is 13.4. The number of ether oxygens (including phenoxy) is 1. The molecule has 6 heteroatoms. The van der Waals surface area contributed by atoms with E-state index in [2.05, 4.69) is 45.0 Å². The normalized spacial score (nSPS) is 12.4. The van der Waals surface area contributed by atoms with E-state index in [4.69, 9.17) is 14.7 Å². The van der Waals surface area contributed by atoms with Gasteiger partial charge in [-0.05, 0) is 91.5 Å². The lowest BCUT2D eigenvalue weighted by Gasteiger charge is -2.20. The lowest BCUT2D eigenvalue weighted by atomic mass is 9.92. The molecule has 308 valence electrons. The molecule has 58 heavy (non-hydrogen) atoms. The Hall–Kier alpha value is -4.71. The van der Waals surface area contributed by atoms with Gasteiger partial charge in [-0.25, -0.2) is 13.6 Å². The molecule has 5 rings (SSSR count). The molecule has 0 amide bonds. The molecule has 0 saturated heterocycles. The third-order valence-electron chi connectivity index (χ3n) is 11.1. The lowest BCUT2D eigenvalue weighted by molar-refractivity contribution is 0.0228. The monoisotopic (exact) mass is 786 g/mol. The van der Waals surface area contributed by atoms with Crippen LogP contribution in [0.15, 0.2) is 97.3 Å². The van der Waals surface area contributed by atoms with Gasteiger partial charge in [-0.1, -0.05) is 145 Å². The number of hydrogen-bond donors (Lipinski definition) is 0. The second-order valence-corrected chi connectivity index (χ2v) is 16.0. The summed E-state index contributed by atoms with van der Waals surface area (Å²) in [6.45, 7) is 8.02. The third-order valence-corrected chi connectivity index (χ3v) is 11.1. The van der Waals surface area contributed by atoms with Crippen molar-refractivity contribution >= 4 is 5.97 Å². The predicted octanol–water partition coefficient (Wildman–Crippen LogP) is 14.5. The van der Waals surface area contributed by atoms with E-state index in [0.29, 0.717) is 24.0 Å². The first-order valence-corrected chi connectivity index (χ1v) is 22.1. The molecular formula is C52H64F2N2O2. The van der Waals surface area contributed by atoms with Gasteiger partial charge in [0.1, 0.15) is 18.1 Å². The van der Waals surface area contributed by atoms with Crippen LogP contribution in [0.4, 0.5) is 8.78 Å². The van der Waals surface area contributed by atoms with E-state index >= 15 is 4.39 Å². The number of rotatable bonds is 24. The van der Waals surface area contributed by atoms with Gasteiger partial charge in [0.25, 0.3) is 0 Å². The van der Waals surface area contributed by atoms with Crippen LogP contribution in [0.25, 0.3) is 33.6 Å². The number of pyridine rings is 2. The van der Waals surface area contributed by atoms with Crippen LogP contribution in [0.5, 0.6) is 0 Å². The summed E-state index contributed by atoms with van der Waals surface area (Å²) in [5.41, 5.74) is 8.84. The summed E-state index contributed by atoms with van der Waals surface area (Å²) in [4.78, 5) is 23.1. The summed E-state index contributed by atoms with van der Waals surface area (Å²) in [6, 6.07) is 27.4. The molecule has 0 bridgehead atoms. The van der Waals surface area contributed by atoms with Gasteiger partial charge in [-0.2, -0.15) is 0 Å².